The molecular formula is C13H7F3INO2. The predicted octanol–water partition coefficient (Wildman–Crippen LogP) is 3.27. The van der Waals surface area contributed by atoms with Gasteiger partial charge in [-0.05, 0) is 40.8 Å². The molecule has 2 rings (SSSR count). The zero-order valence-electron chi connectivity index (χ0n) is 9.82. The molecule has 0 aliphatic heterocycles. The lowest BCUT2D eigenvalue weighted by atomic mass is 10.1. The van der Waals surface area contributed by atoms with E-state index < -0.39 is 17.3 Å². The van der Waals surface area contributed by atoms with Gasteiger partial charge in [0.05, 0.1) is 16.8 Å². The molecule has 7 heteroatoms. The molecule has 0 fully saturated rings. The Morgan fingerprint density at radius 3 is 2.40 bits per heavy atom. The van der Waals surface area contributed by atoms with E-state index in [1.165, 1.54) is 30.5 Å². The molecule has 104 valence electrons. The summed E-state index contributed by atoms with van der Waals surface area (Å²) in [5.41, 5.74) is -2.17. The summed E-state index contributed by atoms with van der Waals surface area (Å²) in [5.74, 6) is 0. The summed E-state index contributed by atoms with van der Waals surface area (Å²) in [4.78, 5) is 22.9. The smallest absolute Gasteiger partial charge is 0.298 e. The van der Waals surface area contributed by atoms with Crippen LogP contribution in [0.25, 0.3) is 5.69 Å². The number of pyridine rings is 1. The highest BCUT2D eigenvalue weighted by Crippen LogP contribution is 2.33. The minimum Gasteiger partial charge on any atom is -0.298 e. The maximum absolute atomic E-state index is 12.9. The lowest BCUT2D eigenvalue weighted by molar-refractivity contribution is -0.137. The van der Waals surface area contributed by atoms with Gasteiger partial charge in [-0.15, -0.1) is 0 Å². The Labute approximate surface area is 125 Å². The Balaban J connectivity index is 2.77. The van der Waals surface area contributed by atoms with Gasteiger partial charge < -0.3 is 0 Å². The second-order valence-corrected chi connectivity index (χ2v) is 5.05. The average molecular weight is 393 g/mol. The zero-order chi connectivity index (χ0) is 14.9. The van der Waals surface area contributed by atoms with Gasteiger partial charge in [0.15, 0.2) is 6.29 Å². The fourth-order valence-electron chi connectivity index (χ4n) is 1.75. The first-order valence-corrected chi connectivity index (χ1v) is 6.47. The third-order valence-electron chi connectivity index (χ3n) is 2.66. The number of para-hydroxylation sites is 1. The molecule has 1 aromatic carbocycles. The van der Waals surface area contributed by atoms with Crippen LogP contribution in [0.2, 0.25) is 0 Å². The number of alkyl halides is 3. The van der Waals surface area contributed by atoms with E-state index in [2.05, 4.69) is 0 Å². The lowest BCUT2D eigenvalue weighted by Crippen LogP contribution is -2.25. The van der Waals surface area contributed by atoms with Gasteiger partial charge in [0, 0.05) is 9.77 Å². The fourth-order valence-corrected chi connectivity index (χ4v) is 2.27. The van der Waals surface area contributed by atoms with Gasteiger partial charge >= 0.3 is 6.18 Å². The lowest BCUT2D eigenvalue weighted by Gasteiger charge is -2.14. The van der Waals surface area contributed by atoms with Crippen molar-refractivity contribution in [1.29, 1.82) is 0 Å². The van der Waals surface area contributed by atoms with E-state index in [4.69, 9.17) is 0 Å². The fraction of sp³-hybridized carbons (Fsp3) is 0.0769. The molecule has 2 aromatic rings. The Morgan fingerprint density at radius 2 is 1.80 bits per heavy atom. The van der Waals surface area contributed by atoms with Crippen molar-refractivity contribution in [2.75, 3.05) is 0 Å². The maximum Gasteiger partial charge on any atom is 0.418 e. The highest BCUT2D eigenvalue weighted by atomic mass is 127. The Morgan fingerprint density at radius 1 is 1.15 bits per heavy atom. The Hall–Kier alpha value is -1.64. The van der Waals surface area contributed by atoms with Gasteiger partial charge in [0.25, 0.3) is 5.56 Å². The van der Waals surface area contributed by atoms with E-state index in [-0.39, 0.29) is 11.3 Å². The minimum absolute atomic E-state index is 0.162. The van der Waals surface area contributed by atoms with Gasteiger partial charge in [-0.1, -0.05) is 12.1 Å². The van der Waals surface area contributed by atoms with Crippen LogP contribution in [0, 0.1) is 3.57 Å². The second kappa shape index (κ2) is 5.39. The van der Waals surface area contributed by atoms with Gasteiger partial charge in [0.1, 0.15) is 0 Å². The highest BCUT2D eigenvalue weighted by Gasteiger charge is 2.33. The van der Waals surface area contributed by atoms with Gasteiger partial charge in [-0.25, -0.2) is 0 Å². The molecule has 0 bridgehead atoms. The number of rotatable bonds is 2. The minimum atomic E-state index is -4.58. The zero-order valence-corrected chi connectivity index (χ0v) is 12.0. The molecule has 0 amide bonds. The number of carbonyl (C=O) groups is 1. The molecule has 0 atom stereocenters. The van der Waals surface area contributed by atoms with Crippen molar-refractivity contribution in [3.8, 4) is 5.69 Å². The van der Waals surface area contributed by atoms with Crippen LogP contribution in [0.3, 0.4) is 0 Å². The van der Waals surface area contributed by atoms with Crippen molar-refractivity contribution >= 4 is 28.9 Å². The molecule has 0 radical (unpaired) electrons. The SMILES string of the molecule is O=Cc1c(I)ccn(-c2ccccc2C(F)(F)F)c1=O. The van der Waals surface area contributed by atoms with Crippen molar-refractivity contribution in [1.82, 2.24) is 4.57 Å². The summed E-state index contributed by atoms with van der Waals surface area (Å²) in [7, 11) is 0. The molecule has 0 saturated heterocycles. The molecule has 0 aliphatic carbocycles. The quantitative estimate of drug-likeness (QED) is 0.581. The van der Waals surface area contributed by atoms with Crippen molar-refractivity contribution in [2.24, 2.45) is 0 Å². The van der Waals surface area contributed by atoms with Crippen molar-refractivity contribution in [3.05, 3.63) is 61.6 Å². The van der Waals surface area contributed by atoms with E-state index >= 15 is 0 Å². The molecular weight excluding hydrogens is 386 g/mol. The normalized spacial score (nSPS) is 11.4. The largest absolute Gasteiger partial charge is 0.418 e. The van der Waals surface area contributed by atoms with Gasteiger partial charge in [0.2, 0.25) is 0 Å². The number of aldehydes is 1. The topological polar surface area (TPSA) is 39.1 Å². The van der Waals surface area contributed by atoms with Gasteiger partial charge in [-0.3, -0.25) is 14.2 Å². The first kappa shape index (κ1) is 14.8. The van der Waals surface area contributed by atoms with E-state index in [1.54, 1.807) is 22.6 Å². The van der Waals surface area contributed by atoms with Crippen LogP contribution in [0.4, 0.5) is 13.2 Å². The standard InChI is InChI=1S/C13H7F3INO2/c14-13(15,16)9-3-1-2-4-11(9)18-6-5-10(17)8(7-19)12(18)20/h1-7H. The monoisotopic (exact) mass is 393 g/mol. The van der Waals surface area contributed by atoms with E-state index in [1.807, 2.05) is 0 Å². The average Bonchev–Trinajstić information content (AvgIpc) is 2.38. The first-order valence-electron chi connectivity index (χ1n) is 5.39. The molecule has 0 spiro atoms. The molecule has 0 aliphatic rings. The summed E-state index contributed by atoms with van der Waals surface area (Å²) in [6.07, 6.45) is -3.02. The summed E-state index contributed by atoms with van der Waals surface area (Å²) in [6.45, 7) is 0. The summed E-state index contributed by atoms with van der Waals surface area (Å²) in [5, 5.41) is 0. The van der Waals surface area contributed by atoms with Crippen LogP contribution in [-0.2, 0) is 6.18 Å². The van der Waals surface area contributed by atoms with Crippen LogP contribution in [0.1, 0.15) is 15.9 Å². The third-order valence-corrected chi connectivity index (χ3v) is 3.60. The van der Waals surface area contributed by atoms with Crippen LogP contribution in [-0.4, -0.2) is 10.9 Å². The van der Waals surface area contributed by atoms with E-state index in [0.29, 0.717) is 9.86 Å². The van der Waals surface area contributed by atoms with Crippen molar-refractivity contribution in [2.45, 2.75) is 6.18 Å². The van der Waals surface area contributed by atoms with E-state index in [9.17, 15) is 22.8 Å². The van der Waals surface area contributed by atoms with Crippen molar-refractivity contribution < 1.29 is 18.0 Å². The number of nitrogens with zero attached hydrogens (tertiary/aromatic N) is 1. The summed E-state index contributed by atoms with van der Waals surface area (Å²) >= 11 is 1.78. The molecule has 20 heavy (non-hydrogen) atoms. The molecule has 0 saturated carbocycles. The third kappa shape index (κ3) is 2.62. The van der Waals surface area contributed by atoms with Crippen molar-refractivity contribution in [3.63, 3.8) is 0 Å². The van der Waals surface area contributed by atoms with Crippen LogP contribution < -0.4 is 5.56 Å². The predicted molar refractivity (Wildman–Crippen MR) is 75.1 cm³/mol. The second-order valence-electron chi connectivity index (χ2n) is 3.89. The molecule has 0 N–H and O–H groups in total. The number of aromatic nitrogens is 1. The maximum atomic E-state index is 12.9. The number of hydrogen-bond acceptors (Lipinski definition) is 2. The highest BCUT2D eigenvalue weighted by molar-refractivity contribution is 14.1. The summed E-state index contributed by atoms with van der Waals surface area (Å²) in [6, 6.07) is 6.13. The first-order chi connectivity index (χ1) is 9.36. The number of benzene rings is 1. The van der Waals surface area contributed by atoms with Gasteiger partial charge in [-0.2, -0.15) is 13.2 Å². The molecule has 1 heterocycles. The van der Waals surface area contributed by atoms with Crippen LogP contribution >= 0.6 is 22.6 Å². The molecule has 1 aromatic heterocycles. The van der Waals surface area contributed by atoms with E-state index in [0.717, 1.165) is 10.6 Å². The Kier molecular flexibility index (Phi) is 3.98. The van der Waals surface area contributed by atoms with Crippen LogP contribution in [0.5, 0.6) is 0 Å². The van der Waals surface area contributed by atoms with Crippen LogP contribution in [0.15, 0.2) is 41.3 Å². The summed E-state index contributed by atoms with van der Waals surface area (Å²) < 4.78 is 40.0. The molecule has 3 nitrogen and oxygen atoms in total. The Bertz CT molecular complexity index is 722. The molecule has 0 unspecified atom stereocenters. The number of hydrogen-bond donors (Lipinski definition) is 0. The number of halogens is 4. The number of carbonyl (C=O) groups excluding carboxylic acids is 1.